The number of aromatic amines is 1. The van der Waals surface area contributed by atoms with Gasteiger partial charge in [0.2, 0.25) is 0 Å². The molecule has 0 aliphatic heterocycles. The number of amides is 1. The summed E-state index contributed by atoms with van der Waals surface area (Å²) >= 11 is 0. The Morgan fingerprint density at radius 1 is 1.00 bits per heavy atom. The van der Waals surface area contributed by atoms with E-state index in [1.165, 1.54) is 24.4 Å². The minimum atomic E-state index is -0.866. The van der Waals surface area contributed by atoms with Crippen LogP contribution in [-0.2, 0) is 0 Å². The second-order valence-corrected chi connectivity index (χ2v) is 4.47. The Hall–Kier alpha value is -2.76. The first-order chi connectivity index (χ1) is 10.0. The predicted molar refractivity (Wildman–Crippen MR) is 72.6 cm³/mol. The van der Waals surface area contributed by atoms with E-state index < -0.39 is 23.4 Å². The summed E-state index contributed by atoms with van der Waals surface area (Å²) < 4.78 is 39.4. The average Bonchev–Trinajstić information content (AvgIpc) is 2.84. The minimum Gasteiger partial charge on any atom is -0.360 e. The third-order valence-electron chi connectivity index (χ3n) is 3.07. The van der Waals surface area contributed by atoms with Gasteiger partial charge in [0.15, 0.2) is 0 Å². The lowest BCUT2D eigenvalue weighted by molar-refractivity contribution is 0.102. The number of carbonyl (C=O) groups is 1. The maximum atomic E-state index is 13.5. The van der Waals surface area contributed by atoms with E-state index in [0.717, 1.165) is 12.1 Å². The molecule has 0 saturated heterocycles. The summed E-state index contributed by atoms with van der Waals surface area (Å²) in [6, 6.07) is 6.80. The van der Waals surface area contributed by atoms with Crippen molar-refractivity contribution < 1.29 is 18.0 Å². The van der Waals surface area contributed by atoms with Crippen molar-refractivity contribution in [1.82, 2.24) is 4.98 Å². The van der Waals surface area contributed by atoms with Crippen molar-refractivity contribution in [2.75, 3.05) is 5.32 Å². The van der Waals surface area contributed by atoms with E-state index in [1.807, 2.05) is 0 Å². The fraction of sp³-hybridized carbons (Fsp3) is 0. The first-order valence-electron chi connectivity index (χ1n) is 6.07. The molecule has 3 aromatic rings. The Kier molecular flexibility index (Phi) is 3.13. The van der Waals surface area contributed by atoms with Crippen LogP contribution in [0.4, 0.5) is 18.9 Å². The maximum absolute atomic E-state index is 13.5. The fourth-order valence-electron chi connectivity index (χ4n) is 2.07. The van der Waals surface area contributed by atoms with Crippen molar-refractivity contribution in [1.29, 1.82) is 0 Å². The topological polar surface area (TPSA) is 44.9 Å². The van der Waals surface area contributed by atoms with Crippen LogP contribution in [-0.4, -0.2) is 10.9 Å². The summed E-state index contributed by atoms with van der Waals surface area (Å²) in [5.41, 5.74) is 0.575. The number of benzene rings is 2. The number of fused-ring (bicyclic) bond motifs is 1. The number of hydrogen-bond donors (Lipinski definition) is 2. The zero-order chi connectivity index (χ0) is 15.0. The molecule has 2 aromatic carbocycles. The number of nitrogens with one attached hydrogen (secondary N) is 2. The van der Waals surface area contributed by atoms with Crippen molar-refractivity contribution >= 4 is 22.5 Å². The summed E-state index contributed by atoms with van der Waals surface area (Å²) in [4.78, 5) is 14.9. The van der Waals surface area contributed by atoms with Gasteiger partial charge in [-0.25, -0.2) is 13.2 Å². The molecule has 0 fully saturated rings. The molecule has 0 aliphatic rings. The van der Waals surface area contributed by atoms with Gasteiger partial charge in [0.1, 0.15) is 17.5 Å². The molecule has 0 radical (unpaired) electrons. The second-order valence-electron chi connectivity index (χ2n) is 4.47. The molecule has 1 aromatic heterocycles. The summed E-state index contributed by atoms with van der Waals surface area (Å²) in [5, 5.41) is 2.86. The third-order valence-corrected chi connectivity index (χ3v) is 3.07. The lowest BCUT2D eigenvalue weighted by Crippen LogP contribution is -2.12. The molecule has 3 rings (SSSR count). The normalized spacial score (nSPS) is 10.8. The van der Waals surface area contributed by atoms with Crippen LogP contribution >= 0.6 is 0 Å². The first kappa shape index (κ1) is 13.2. The number of hydrogen-bond acceptors (Lipinski definition) is 1. The Bertz CT molecular complexity index is 842. The van der Waals surface area contributed by atoms with Gasteiger partial charge in [-0.15, -0.1) is 0 Å². The van der Waals surface area contributed by atoms with Gasteiger partial charge in [-0.05, 0) is 30.3 Å². The molecule has 3 nitrogen and oxygen atoms in total. The SMILES string of the molecule is O=C(Nc1ccc(F)cc1F)c1c[nH]c2cc(F)ccc12. The van der Waals surface area contributed by atoms with Crippen LogP contribution in [0.15, 0.2) is 42.6 Å². The van der Waals surface area contributed by atoms with Crippen molar-refractivity contribution in [3.8, 4) is 0 Å². The standard InChI is InChI=1S/C15H9F3N2O/c16-8-2-4-13(12(18)5-8)20-15(21)11-7-19-14-6-9(17)1-3-10(11)14/h1-7,19H,(H,20,21). The smallest absolute Gasteiger partial charge is 0.257 e. The van der Waals surface area contributed by atoms with Crippen LogP contribution in [0.1, 0.15) is 10.4 Å². The van der Waals surface area contributed by atoms with E-state index in [0.29, 0.717) is 17.0 Å². The summed E-state index contributed by atoms with van der Waals surface area (Å²) in [7, 11) is 0. The molecule has 0 spiro atoms. The second kappa shape index (κ2) is 4.97. The van der Waals surface area contributed by atoms with E-state index in [-0.39, 0.29) is 11.3 Å². The third kappa shape index (κ3) is 2.47. The zero-order valence-electron chi connectivity index (χ0n) is 10.6. The molecule has 21 heavy (non-hydrogen) atoms. The molecule has 2 N–H and O–H groups in total. The highest BCUT2D eigenvalue weighted by atomic mass is 19.1. The molecule has 1 heterocycles. The van der Waals surface area contributed by atoms with Gasteiger partial charge < -0.3 is 10.3 Å². The lowest BCUT2D eigenvalue weighted by Gasteiger charge is -2.05. The van der Waals surface area contributed by atoms with E-state index in [2.05, 4.69) is 10.3 Å². The van der Waals surface area contributed by atoms with Gasteiger partial charge >= 0.3 is 0 Å². The van der Waals surface area contributed by atoms with Crippen LogP contribution in [0.5, 0.6) is 0 Å². The van der Waals surface area contributed by atoms with E-state index in [9.17, 15) is 18.0 Å². The molecule has 1 amide bonds. The number of halogens is 3. The van der Waals surface area contributed by atoms with E-state index in [4.69, 9.17) is 0 Å². The molecule has 6 heteroatoms. The molecule has 0 atom stereocenters. The highest BCUT2D eigenvalue weighted by molar-refractivity contribution is 6.12. The number of carbonyl (C=O) groups excluding carboxylic acids is 1. The zero-order valence-corrected chi connectivity index (χ0v) is 10.6. The van der Waals surface area contributed by atoms with Crippen molar-refractivity contribution in [2.45, 2.75) is 0 Å². The summed E-state index contributed by atoms with van der Waals surface area (Å²) in [6.45, 7) is 0. The minimum absolute atomic E-state index is 0.127. The maximum Gasteiger partial charge on any atom is 0.257 e. The molecule has 0 saturated carbocycles. The van der Waals surface area contributed by atoms with Crippen LogP contribution in [0.2, 0.25) is 0 Å². The van der Waals surface area contributed by atoms with Gasteiger partial charge in [0.25, 0.3) is 5.91 Å². The lowest BCUT2D eigenvalue weighted by atomic mass is 10.1. The predicted octanol–water partition coefficient (Wildman–Crippen LogP) is 3.84. The molecule has 0 aliphatic carbocycles. The average molecular weight is 290 g/mol. The number of aromatic nitrogens is 1. The van der Waals surface area contributed by atoms with Crippen molar-refractivity contribution in [3.63, 3.8) is 0 Å². The molecular weight excluding hydrogens is 281 g/mol. The number of H-pyrrole nitrogens is 1. The number of anilines is 1. The first-order valence-corrected chi connectivity index (χ1v) is 6.07. The monoisotopic (exact) mass is 290 g/mol. The van der Waals surface area contributed by atoms with Crippen LogP contribution in [0.3, 0.4) is 0 Å². The largest absolute Gasteiger partial charge is 0.360 e. The molecule has 0 bridgehead atoms. The summed E-state index contributed by atoms with van der Waals surface area (Å²) in [6.07, 6.45) is 1.40. The van der Waals surface area contributed by atoms with Crippen LogP contribution in [0.25, 0.3) is 10.9 Å². The number of rotatable bonds is 2. The van der Waals surface area contributed by atoms with Crippen molar-refractivity contribution in [3.05, 3.63) is 65.6 Å². The highest BCUT2D eigenvalue weighted by Crippen LogP contribution is 2.21. The molecule has 0 unspecified atom stereocenters. The van der Waals surface area contributed by atoms with Gasteiger partial charge in [0, 0.05) is 23.2 Å². The van der Waals surface area contributed by atoms with Gasteiger partial charge in [-0.3, -0.25) is 4.79 Å². The van der Waals surface area contributed by atoms with Gasteiger partial charge in [0.05, 0.1) is 11.3 Å². The van der Waals surface area contributed by atoms with Crippen LogP contribution < -0.4 is 5.32 Å². The highest BCUT2D eigenvalue weighted by Gasteiger charge is 2.14. The Balaban J connectivity index is 1.94. The van der Waals surface area contributed by atoms with E-state index >= 15 is 0 Å². The quantitative estimate of drug-likeness (QED) is 0.740. The Labute approximate surface area is 117 Å². The van der Waals surface area contributed by atoms with Gasteiger partial charge in [-0.1, -0.05) is 0 Å². The Morgan fingerprint density at radius 3 is 2.48 bits per heavy atom. The fourth-order valence-corrected chi connectivity index (χ4v) is 2.07. The van der Waals surface area contributed by atoms with Crippen LogP contribution in [0, 0.1) is 17.5 Å². The Morgan fingerprint density at radius 2 is 1.71 bits per heavy atom. The molecule has 106 valence electrons. The van der Waals surface area contributed by atoms with E-state index in [1.54, 1.807) is 0 Å². The van der Waals surface area contributed by atoms with Gasteiger partial charge in [-0.2, -0.15) is 0 Å². The summed E-state index contributed by atoms with van der Waals surface area (Å²) in [5.74, 6) is -2.60. The van der Waals surface area contributed by atoms with Crippen molar-refractivity contribution in [2.24, 2.45) is 0 Å². The molecular formula is C15H9F3N2O.